The molecule has 1 aromatic heterocycles. The SMILES string of the molecule is C=C(CC)N1CCN(c2cccnc2)CC1. The molecular formula is C13H19N3. The summed E-state index contributed by atoms with van der Waals surface area (Å²) in [7, 11) is 0. The maximum Gasteiger partial charge on any atom is 0.0553 e. The monoisotopic (exact) mass is 217 g/mol. The van der Waals surface area contributed by atoms with Crippen molar-refractivity contribution in [2.24, 2.45) is 0 Å². The minimum atomic E-state index is 1.05. The van der Waals surface area contributed by atoms with Gasteiger partial charge in [0.25, 0.3) is 0 Å². The van der Waals surface area contributed by atoms with Crippen molar-refractivity contribution in [3.63, 3.8) is 0 Å². The molecule has 86 valence electrons. The molecule has 0 unspecified atom stereocenters. The molecule has 1 aliphatic rings. The largest absolute Gasteiger partial charge is 0.372 e. The van der Waals surface area contributed by atoms with Crippen molar-refractivity contribution in [2.45, 2.75) is 13.3 Å². The average molecular weight is 217 g/mol. The summed E-state index contributed by atoms with van der Waals surface area (Å²) in [5.74, 6) is 0. The fourth-order valence-corrected chi connectivity index (χ4v) is 2.05. The van der Waals surface area contributed by atoms with E-state index in [0.29, 0.717) is 0 Å². The summed E-state index contributed by atoms with van der Waals surface area (Å²) in [5, 5.41) is 0. The van der Waals surface area contributed by atoms with Gasteiger partial charge in [0.05, 0.1) is 11.9 Å². The van der Waals surface area contributed by atoms with E-state index in [0.717, 1.165) is 32.6 Å². The molecule has 0 aromatic carbocycles. The Kier molecular flexibility index (Phi) is 3.44. The first-order valence-electron chi connectivity index (χ1n) is 5.89. The van der Waals surface area contributed by atoms with Crippen LogP contribution in [0.5, 0.6) is 0 Å². The first-order valence-corrected chi connectivity index (χ1v) is 5.89. The Morgan fingerprint density at radius 1 is 1.38 bits per heavy atom. The van der Waals surface area contributed by atoms with Gasteiger partial charge in [0, 0.05) is 38.1 Å². The van der Waals surface area contributed by atoms with Crippen LogP contribution in [-0.2, 0) is 0 Å². The van der Waals surface area contributed by atoms with Crippen LogP contribution in [0.15, 0.2) is 36.8 Å². The minimum absolute atomic E-state index is 1.05. The number of aromatic nitrogens is 1. The molecule has 0 amide bonds. The van der Waals surface area contributed by atoms with E-state index in [9.17, 15) is 0 Å². The highest BCUT2D eigenvalue weighted by atomic mass is 15.3. The van der Waals surface area contributed by atoms with Crippen LogP contribution in [0.1, 0.15) is 13.3 Å². The van der Waals surface area contributed by atoms with Crippen molar-refractivity contribution < 1.29 is 0 Å². The highest BCUT2D eigenvalue weighted by Crippen LogP contribution is 2.16. The van der Waals surface area contributed by atoms with E-state index in [4.69, 9.17) is 0 Å². The molecular weight excluding hydrogens is 198 g/mol. The molecule has 1 fully saturated rings. The van der Waals surface area contributed by atoms with E-state index >= 15 is 0 Å². The molecule has 16 heavy (non-hydrogen) atoms. The Morgan fingerprint density at radius 3 is 2.69 bits per heavy atom. The lowest BCUT2D eigenvalue weighted by molar-refractivity contribution is 0.315. The predicted molar refractivity (Wildman–Crippen MR) is 67.5 cm³/mol. The van der Waals surface area contributed by atoms with Crippen LogP contribution in [0.4, 0.5) is 5.69 Å². The zero-order chi connectivity index (χ0) is 11.4. The molecule has 2 rings (SSSR count). The molecule has 0 saturated carbocycles. The van der Waals surface area contributed by atoms with Gasteiger partial charge in [-0.2, -0.15) is 0 Å². The van der Waals surface area contributed by atoms with Gasteiger partial charge in [0.15, 0.2) is 0 Å². The van der Waals surface area contributed by atoms with Crippen LogP contribution < -0.4 is 4.90 Å². The van der Waals surface area contributed by atoms with E-state index in [1.54, 1.807) is 0 Å². The third-order valence-electron chi connectivity index (χ3n) is 3.15. The summed E-state index contributed by atoms with van der Waals surface area (Å²) in [6, 6.07) is 4.12. The highest BCUT2D eigenvalue weighted by Gasteiger charge is 2.17. The molecule has 0 atom stereocenters. The molecule has 3 nitrogen and oxygen atoms in total. The van der Waals surface area contributed by atoms with Crippen molar-refractivity contribution in [3.05, 3.63) is 36.8 Å². The van der Waals surface area contributed by atoms with Gasteiger partial charge in [-0.05, 0) is 18.6 Å². The zero-order valence-electron chi connectivity index (χ0n) is 9.89. The lowest BCUT2D eigenvalue weighted by Gasteiger charge is -2.37. The van der Waals surface area contributed by atoms with Gasteiger partial charge < -0.3 is 9.80 Å². The van der Waals surface area contributed by atoms with Crippen molar-refractivity contribution in [2.75, 3.05) is 31.1 Å². The Morgan fingerprint density at radius 2 is 2.12 bits per heavy atom. The van der Waals surface area contributed by atoms with E-state index in [1.807, 2.05) is 18.5 Å². The molecule has 0 aliphatic carbocycles. The van der Waals surface area contributed by atoms with E-state index in [1.165, 1.54) is 11.4 Å². The molecule has 0 bridgehead atoms. The minimum Gasteiger partial charge on any atom is -0.372 e. The lowest BCUT2D eigenvalue weighted by atomic mass is 10.2. The van der Waals surface area contributed by atoms with Gasteiger partial charge in [-0.1, -0.05) is 13.5 Å². The summed E-state index contributed by atoms with van der Waals surface area (Å²) >= 11 is 0. The first kappa shape index (κ1) is 11.0. The van der Waals surface area contributed by atoms with Gasteiger partial charge >= 0.3 is 0 Å². The van der Waals surface area contributed by atoms with Crippen LogP contribution in [0.25, 0.3) is 0 Å². The summed E-state index contributed by atoms with van der Waals surface area (Å²) < 4.78 is 0. The average Bonchev–Trinajstić information content (AvgIpc) is 2.39. The Labute approximate surface area is 97.4 Å². The number of hydrogen-bond donors (Lipinski definition) is 0. The third-order valence-corrected chi connectivity index (χ3v) is 3.15. The first-order chi connectivity index (χ1) is 7.81. The Bertz CT molecular complexity index is 339. The topological polar surface area (TPSA) is 19.4 Å². The molecule has 0 spiro atoms. The second kappa shape index (κ2) is 5.01. The van der Waals surface area contributed by atoms with Crippen LogP contribution >= 0.6 is 0 Å². The molecule has 0 radical (unpaired) electrons. The third kappa shape index (κ3) is 2.35. The summed E-state index contributed by atoms with van der Waals surface area (Å²) in [6.45, 7) is 10.5. The van der Waals surface area contributed by atoms with E-state index in [2.05, 4.69) is 34.4 Å². The predicted octanol–water partition coefficient (Wildman–Crippen LogP) is 2.13. The van der Waals surface area contributed by atoms with Crippen LogP contribution in [0.3, 0.4) is 0 Å². The number of allylic oxidation sites excluding steroid dienone is 1. The van der Waals surface area contributed by atoms with Crippen LogP contribution in [0.2, 0.25) is 0 Å². The van der Waals surface area contributed by atoms with Gasteiger partial charge in [-0.15, -0.1) is 0 Å². The molecule has 2 heterocycles. The molecule has 0 N–H and O–H groups in total. The highest BCUT2D eigenvalue weighted by molar-refractivity contribution is 5.44. The number of piperazine rings is 1. The number of anilines is 1. The fourth-order valence-electron chi connectivity index (χ4n) is 2.05. The van der Waals surface area contributed by atoms with Gasteiger partial charge in [0.1, 0.15) is 0 Å². The van der Waals surface area contributed by atoms with E-state index in [-0.39, 0.29) is 0 Å². The maximum atomic E-state index is 4.16. The number of hydrogen-bond acceptors (Lipinski definition) is 3. The second-order valence-electron chi connectivity index (χ2n) is 4.11. The van der Waals surface area contributed by atoms with Gasteiger partial charge in [0.2, 0.25) is 0 Å². The smallest absolute Gasteiger partial charge is 0.0553 e. The van der Waals surface area contributed by atoms with Crippen LogP contribution in [-0.4, -0.2) is 36.1 Å². The molecule has 1 aliphatic heterocycles. The molecule has 1 aromatic rings. The van der Waals surface area contributed by atoms with Gasteiger partial charge in [-0.25, -0.2) is 0 Å². The lowest BCUT2D eigenvalue weighted by Crippen LogP contribution is -2.45. The van der Waals surface area contributed by atoms with Crippen LogP contribution in [0, 0.1) is 0 Å². The fraction of sp³-hybridized carbons (Fsp3) is 0.462. The Balaban J connectivity index is 1.93. The number of pyridine rings is 1. The standard InChI is InChI=1S/C13H19N3/c1-3-12(2)15-7-9-16(10-8-15)13-5-4-6-14-11-13/h4-6,11H,2-3,7-10H2,1H3. The van der Waals surface area contributed by atoms with Crippen molar-refractivity contribution in [1.82, 2.24) is 9.88 Å². The normalized spacial score (nSPS) is 16.3. The quantitative estimate of drug-likeness (QED) is 0.773. The van der Waals surface area contributed by atoms with Gasteiger partial charge in [-0.3, -0.25) is 4.98 Å². The zero-order valence-corrected chi connectivity index (χ0v) is 9.89. The maximum absolute atomic E-state index is 4.16. The molecule has 3 heteroatoms. The van der Waals surface area contributed by atoms with E-state index < -0.39 is 0 Å². The molecule has 1 saturated heterocycles. The number of rotatable bonds is 3. The Hall–Kier alpha value is -1.51. The van der Waals surface area contributed by atoms with Crippen molar-refractivity contribution in [1.29, 1.82) is 0 Å². The summed E-state index contributed by atoms with van der Waals surface area (Å²) in [6.07, 6.45) is 4.80. The summed E-state index contributed by atoms with van der Waals surface area (Å²) in [4.78, 5) is 8.92. The summed E-state index contributed by atoms with van der Waals surface area (Å²) in [5.41, 5.74) is 2.48. The van der Waals surface area contributed by atoms with Crippen molar-refractivity contribution in [3.8, 4) is 0 Å². The number of nitrogens with zero attached hydrogens (tertiary/aromatic N) is 3. The second-order valence-corrected chi connectivity index (χ2v) is 4.11. The van der Waals surface area contributed by atoms with Crippen molar-refractivity contribution >= 4 is 5.69 Å².